The van der Waals surface area contributed by atoms with Gasteiger partial charge < -0.3 is 25.1 Å². The number of halogens is 1. The molecular formula is C15H21IN4O2. The topological polar surface area (TPSA) is 73.8 Å². The lowest BCUT2D eigenvalue weighted by molar-refractivity contribution is 0.355. The molecule has 6 nitrogen and oxygen atoms in total. The van der Waals surface area contributed by atoms with E-state index in [0.717, 1.165) is 11.3 Å². The summed E-state index contributed by atoms with van der Waals surface area (Å²) in [5.74, 6) is 1.66. The van der Waals surface area contributed by atoms with Crippen molar-refractivity contribution in [1.82, 2.24) is 4.57 Å². The van der Waals surface area contributed by atoms with Crippen molar-refractivity contribution in [2.24, 2.45) is 17.8 Å². The molecule has 1 aromatic heterocycles. The highest BCUT2D eigenvalue weighted by Crippen LogP contribution is 2.29. The summed E-state index contributed by atoms with van der Waals surface area (Å²) >= 11 is 0. The number of ether oxygens (including phenoxy) is 2. The number of aliphatic imine (C=N–C) groups is 1. The SMILES string of the molecule is COc1ccc(NC(N)=NCc2ccn(C)c2)cc1OC.I. The van der Waals surface area contributed by atoms with Crippen molar-refractivity contribution in [1.29, 1.82) is 0 Å². The van der Waals surface area contributed by atoms with Gasteiger partial charge >= 0.3 is 0 Å². The second kappa shape index (κ2) is 8.52. The van der Waals surface area contributed by atoms with E-state index in [9.17, 15) is 0 Å². The normalized spacial score (nSPS) is 10.8. The van der Waals surface area contributed by atoms with E-state index in [2.05, 4.69) is 10.3 Å². The molecule has 0 saturated heterocycles. The molecule has 22 heavy (non-hydrogen) atoms. The predicted octanol–water partition coefficient (Wildman–Crippen LogP) is 2.59. The predicted molar refractivity (Wildman–Crippen MR) is 99.3 cm³/mol. The minimum Gasteiger partial charge on any atom is -0.493 e. The first-order chi connectivity index (χ1) is 10.1. The van der Waals surface area contributed by atoms with Gasteiger partial charge in [0.25, 0.3) is 0 Å². The maximum Gasteiger partial charge on any atom is 0.193 e. The fourth-order valence-corrected chi connectivity index (χ4v) is 1.93. The molecule has 0 fully saturated rings. The van der Waals surface area contributed by atoms with Crippen LogP contribution in [0.1, 0.15) is 5.56 Å². The highest BCUT2D eigenvalue weighted by Gasteiger charge is 2.05. The van der Waals surface area contributed by atoms with Gasteiger partial charge in [0.1, 0.15) is 0 Å². The monoisotopic (exact) mass is 416 g/mol. The van der Waals surface area contributed by atoms with Crippen molar-refractivity contribution >= 4 is 35.6 Å². The summed E-state index contributed by atoms with van der Waals surface area (Å²) in [6.07, 6.45) is 3.98. The van der Waals surface area contributed by atoms with E-state index in [1.807, 2.05) is 48.3 Å². The van der Waals surface area contributed by atoms with Gasteiger partial charge in [-0.3, -0.25) is 0 Å². The van der Waals surface area contributed by atoms with Crippen molar-refractivity contribution in [2.75, 3.05) is 19.5 Å². The zero-order valence-corrected chi connectivity index (χ0v) is 15.2. The molecule has 0 radical (unpaired) electrons. The largest absolute Gasteiger partial charge is 0.493 e. The maximum atomic E-state index is 5.88. The number of hydrogen-bond donors (Lipinski definition) is 2. The molecule has 0 aliphatic rings. The molecular weight excluding hydrogens is 395 g/mol. The van der Waals surface area contributed by atoms with Crippen LogP contribution < -0.4 is 20.5 Å². The number of methoxy groups -OCH3 is 2. The van der Waals surface area contributed by atoms with E-state index < -0.39 is 0 Å². The number of benzene rings is 1. The second-order valence-electron chi connectivity index (χ2n) is 4.58. The smallest absolute Gasteiger partial charge is 0.193 e. The summed E-state index contributed by atoms with van der Waals surface area (Å²) in [6, 6.07) is 7.48. The minimum absolute atomic E-state index is 0. The number of hydrogen-bond acceptors (Lipinski definition) is 3. The van der Waals surface area contributed by atoms with Crippen LogP contribution in [0.15, 0.2) is 41.7 Å². The molecule has 0 bridgehead atoms. The zero-order valence-electron chi connectivity index (χ0n) is 12.9. The van der Waals surface area contributed by atoms with Crippen molar-refractivity contribution in [2.45, 2.75) is 6.54 Å². The van der Waals surface area contributed by atoms with Gasteiger partial charge in [-0.2, -0.15) is 0 Å². The van der Waals surface area contributed by atoms with E-state index in [-0.39, 0.29) is 24.0 Å². The lowest BCUT2D eigenvalue weighted by atomic mass is 10.3. The number of nitrogens with zero attached hydrogens (tertiary/aromatic N) is 2. The van der Waals surface area contributed by atoms with Gasteiger partial charge in [-0.05, 0) is 23.8 Å². The Bertz CT molecular complexity index is 640. The number of aromatic nitrogens is 1. The molecule has 3 N–H and O–H groups in total. The molecule has 0 unspecified atom stereocenters. The van der Waals surface area contributed by atoms with Crippen LogP contribution in [0.5, 0.6) is 11.5 Å². The molecule has 7 heteroatoms. The average molecular weight is 416 g/mol. The summed E-state index contributed by atoms with van der Waals surface area (Å²) in [5.41, 5.74) is 7.78. The van der Waals surface area contributed by atoms with Crippen molar-refractivity contribution in [3.8, 4) is 11.5 Å². The lowest BCUT2D eigenvalue weighted by Crippen LogP contribution is -2.22. The first-order valence-electron chi connectivity index (χ1n) is 6.52. The van der Waals surface area contributed by atoms with E-state index in [1.54, 1.807) is 14.2 Å². The van der Waals surface area contributed by atoms with Gasteiger partial charge in [0.2, 0.25) is 0 Å². The quantitative estimate of drug-likeness (QED) is 0.447. The van der Waals surface area contributed by atoms with E-state index in [0.29, 0.717) is 24.0 Å². The Labute approximate surface area is 147 Å². The molecule has 0 aliphatic carbocycles. The number of aryl methyl sites for hydroxylation is 1. The fourth-order valence-electron chi connectivity index (χ4n) is 1.93. The Morgan fingerprint density at radius 3 is 2.55 bits per heavy atom. The molecule has 2 aromatic rings. The van der Waals surface area contributed by atoms with Crippen LogP contribution in [0.25, 0.3) is 0 Å². The summed E-state index contributed by atoms with van der Waals surface area (Å²) in [4.78, 5) is 4.30. The number of guanidine groups is 1. The molecule has 0 saturated carbocycles. The molecule has 120 valence electrons. The number of nitrogens with one attached hydrogen (secondary N) is 1. The molecule has 0 spiro atoms. The fraction of sp³-hybridized carbons (Fsp3) is 0.267. The Morgan fingerprint density at radius 2 is 1.95 bits per heavy atom. The number of anilines is 1. The average Bonchev–Trinajstić information content (AvgIpc) is 2.90. The second-order valence-corrected chi connectivity index (χ2v) is 4.58. The van der Waals surface area contributed by atoms with Gasteiger partial charge in [0.15, 0.2) is 17.5 Å². The molecule has 1 aromatic carbocycles. The van der Waals surface area contributed by atoms with Crippen LogP contribution in [-0.2, 0) is 13.6 Å². The van der Waals surface area contributed by atoms with Crippen molar-refractivity contribution < 1.29 is 9.47 Å². The Morgan fingerprint density at radius 1 is 1.23 bits per heavy atom. The zero-order chi connectivity index (χ0) is 15.2. The van der Waals surface area contributed by atoms with Crippen molar-refractivity contribution in [3.05, 3.63) is 42.2 Å². The maximum absolute atomic E-state index is 5.88. The van der Waals surface area contributed by atoms with Crippen LogP contribution in [0.4, 0.5) is 5.69 Å². The van der Waals surface area contributed by atoms with E-state index in [4.69, 9.17) is 15.2 Å². The third-order valence-electron chi connectivity index (χ3n) is 2.98. The number of nitrogens with two attached hydrogens (primary N) is 1. The third kappa shape index (κ3) is 4.83. The molecule has 2 rings (SSSR count). The summed E-state index contributed by atoms with van der Waals surface area (Å²) < 4.78 is 12.4. The molecule has 0 atom stereocenters. The lowest BCUT2D eigenvalue weighted by Gasteiger charge is -2.10. The summed E-state index contributed by atoms with van der Waals surface area (Å²) in [7, 11) is 5.16. The van der Waals surface area contributed by atoms with Crippen LogP contribution in [-0.4, -0.2) is 24.7 Å². The summed E-state index contributed by atoms with van der Waals surface area (Å²) in [6.45, 7) is 0.535. The van der Waals surface area contributed by atoms with Crippen LogP contribution >= 0.6 is 24.0 Å². The third-order valence-corrected chi connectivity index (χ3v) is 2.98. The van der Waals surface area contributed by atoms with Gasteiger partial charge in [-0.25, -0.2) is 4.99 Å². The van der Waals surface area contributed by atoms with Gasteiger partial charge in [-0.1, -0.05) is 0 Å². The van der Waals surface area contributed by atoms with E-state index in [1.165, 1.54) is 0 Å². The van der Waals surface area contributed by atoms with Crippen LogP contribution in [0.2, 0.25) is 0 Å². The highest BCUT2D eigenvalue weighted by atomic mass is 127. The van der Waals surface area contributed by atoms with Crippen LogP contribution in [0.3, 0.4) is 0 Å². The standard InChI is InChI=1S/C15H20N4O2.HI/c1-19-7-6-11(10-19)9-17-15(16)18-12-4-5-13(20-2)14(8-12)21-3;/h4-8,10H,9H2,1-3H3,(H3,16,17,18);1H. The highest BCUT2D eigenvalue weighted by molar-refractivity contribution is 14.0. The first kappa shape index (κ1) is 18.1. The van der Waals surface area contributed by atoms with Crippen LogP contribution in [0, 0.1) is 0 Å². The van der Waals surface area contributed by atoms with E-state index >= 15 is 0 Å². The van der Waals surface area contributed by atoms with Gasteiger partial charge in [-0.15, -0.1) is 24.0 Å². The summed E-state index contributed by atoms with van der Waals surface area (Å²) in [5, 5.41) is 3.03. The first-order valence-corrected chi connectivity index (χ1v) is 6.52. The minimum atomic E-state index is 0. The Kier molecular flexibility index (Phi) is 7.03. The Balaban J connectivity index is 0.00000242. The molecule has 0 aliphatic heterocycles. The van der Waals surface area contributed by atoms with Gasteiger partial charge in [0.05, 0.1) is 20.8 Å². The van der Waals surface area contributed by atoms with Gasteiger partial charge in [0, 0.05) is 31.2 Å². The van der Waals surface area contributed by atoms with Crippen molar-refractivity contribution in [3.63, 3.8) is 0 Å². The Hall–Kier alpha value is -1.90. The number of rotatable bonds is 5. The molecule has 0 amide bonds. The molecule has 1 heterocycles.